The monoisotopic (exact) mass is 315 g/mol. The van der Waals surface area contributed by atoms with Gasteiger partial charge < -0.3 is 15.2 Å². The minimum absolute atomic E-state index is 0.139. The molecule has 0 aliphatic carbocycles. The van der Waals surface area contributed by atoms with E-state index in [1.807, 2.05) is 16.3 Å². The fourth-order valence-corrected chi connectivity index (χ4v) is 3.44. The van der Waals surface area contributed by atoms with E-state index in [9.17, 15) is 4.79 Å². The van der Waals surface area contributed by atoms with E-state index in [1.165, 1.54) is 0 Å². The summed E-state index contributed by atoms with van der Waals surface area (Å²) in [6.45, 7) is 2.38. The third-order valence-electron chi connectivity index (χ3n) is 3.76. The lowest BCUT2D eigenvalue weighted by molar-refractivity contribution is 0.420. The summed E-state index contributed by atoms with van der Waals surface area (Å²) in [7, 11) is 0. The van der Waals surface area contributed by atoms with Crippen molar-refractivity contribution in [2.45, 2.75) is 25.4 Å². The van der Waals surface area contributed by atoms with Gasteiger partial charge in [0.2, 0.25) is 0 Å². The van der Waals surface area contributed by atoms with Crippen LogP contribution in [0.15, 0.2) is 28.6 Å². The normalized spacial score (nSPS) is 18.1. The summed E-state index contributed by atoms with van der Waals surface area (Å²) in [5.41, 5.74) is 0.576. The first-order valence-corrected chi connectivity index (χ1v) is 8.14. The third kappa shape index (κ3) is 3.35. The number of piperidine rings is 1. The van der Waals surface area contributed by atoms with Crippen LogP contribution in [-0.4, -0.2) is 29.1 Å². The van der Waals surface area contributed by atoms with Gasteiger partial charge in [-0.2, -0.15) is 5.26 Å². The predicted octanol–water partition coefficient (Wildman–Crippen LogP) is 1.46. The molecule has 3 rings (SSSR count). The lowest BCUT2D eigenvalue weighted by Crippen LogP contribution is -2.47. The minimum Gasteiger partial charge on any atom is -0.350 e. The van der Waals surface area contributed by atoms with Gasteiger partial charge in [0.25, 0.3) is 5.56 Å². The van der Waals surface area contributed by atoms with E-state index < -0.39 is 0 Å². The van der Waals surface area contributed by atoms with Crippen molar-refractivity contribution in [2.75, 3.05) is 18.0 Å². The van der Waals surface area contributed by atoms with Gasteiger partial charge in [0.15, 0.2) is 5.82 Å². The van der Waals surface area contributed by atoms with Gasteiger partial charge >= 0.3 is 0 Å². The molecule has 7 heteroatoms. The molecular formula is C15H17N5OS. The molecule has 22 heavy (non-hydrogen) atoms. The van der Waals surface area contributed by atoms with Crippen LogP contribution in [0.2, 0.25) is 0 Å². The highest BCUT2D eigenvalue weighted by atomic mass is 32.1. The van der Waals surface area contributed by atoms with Crippen molar-refractivity contribution in [3.63, 3.8) is 0 Å². The van der Waals surface area contributed by atoms with E-state index in [4.69, 9.17) is 5.26 Å². The van der Waals surface area contributed by atoms with Gasteiger partial charge in [0.1, 0.15) is 6.07 Å². The number of hydrogen-bond acceptors (Lipinski definition) is 6. The molecule has 0 aromatic carbocycles. The molecule has 6 nitrogen and oxygen atoms in total. The highest BCUT2D eigenvalue weighted by Gasteiger charge is 2.22. The van der Waals surface area contributed by atoms with Crippen LogP contribution in [0, 0.1) is 11.3 Å². The van der Waals surface area contributed by atoms with Gasteiger partial charge in [-0.15, -0.1) is 11.3 Å². The Bertz CT molecular complexity index is 732. The van der Waals surface area contributed by atoms with Crippen LogP contribution >= 0.6 is 11.3 Å². The van der Waals surface area contributed by atoms with Crippen molar-refractivity contribution in [2.24, 2.45) is 0 Å². The van der Waals surface area contributed by atoms with Crippen LogP contribution in [0.4, 0.5) is 5.82 Å². The summed E-state index contributed by atoms with van der Waals surface area (Å²) in [6.07, 6.45) is 5.28. The van der Waals surface area contributed by atoms with E-state index in [-0.39, 0.29) is 5.56 Å². The molecule has 3 heterocycles. The van der Waals surface area contributed by atoms with Crippen LogP contribution in [0.25, 0.3) is 0 Å². The number of nitriles is 1. The van der Waals surface area contributed by atoms with Crippen LogP contribution in [0.5, 0.6) is 0 Å². The van der Waals surface area contributed by atoms with Crippen molar-refractivity contribution in [3.8, 4) is 6.07 Å². The van der Waals surface area contributed by atoms with E-state index in [0.717, 1.165) is 37.4 Å². The van der Waals surface area contributed by atoms with Crippen molar-refractivity contribution < 1.29 is 0 Å². The summed E-state index contributed by atoms with van der Waals surface area (Å²) in [4.78, 5) is 21.9. The number of nitrogens with zero attached hydrogens (tertiary/aromatic N) is 3. The average Bonchev–Trinajstić information content (AvgIpc) is 3.02. The molecule has 1 saturated heterocycles. The van der Waals surface area contributed by atoms with Crippen molar-refractivity contribution in [1.29, 1.82) is 5.26 Å². The number of hydrogen-bond donors (Lipinski definition) is 2. The Morgan fingerprint density at radius 1 is 1.59 bits per heavy atom. The van der Waals surface area contributed by atoms with Crippen molar-refractivity contribution in [1.82, 2.24) is 15.3 Å². The second-order valence-electron chi connectivity index (χ2n) is 5.32. The number of rotatable bonds is 4. The topological polar surface area (TPSA) is 84.8 Å². The standard InChI is InChI=1S/C15H17N5OS/c16-7-11-6-13(22-10-11)8-19-12-2-1-5-20(9-12)14-15(21)18-4-3-17-14/h3-4,6,10,12,19H,1-2,5,8-9H2,(H,18,21)/t12-/m0/s1. The first kappa shape index (κ1) is 14.8. The zero-order valence-corrected chi connectivity index (χ0v) is 12.9. The summed E-state index contributed by atoms with van der Waals surface area (Å²) in [5, 5.41) is 14.2. The largest absolute Gasteiger partial charge is 0.350 e. The molecular weight excluding hydrogens is 298 g/mol. The van der Waals surface area contributed by atoms with Gasteiger partial charge in [-0.1, -0.05) is 0 Å². The molecule has 0 bridgehead atoms. The molecule has 1 fully saturated rings. The molecule has 1 aliphatic heterocycles. The lowest BCUT2D eigenvalue weighted by Gasteiger charge is -2.33. The number of thiophene rings is 1. The predicted molar refractivity (Wildman–Crippen MR) is 86.0 cm³/mol. The van der Waals surface area contributed by atoms with Gasteiger partial charge in [-0.3, -0.25) is 4.79 Å². The average molecular weight is 315 g/mol. The Balaban J connectivity index is 1.60. The summed E-state index contributed by atoms with van der Waals surface area (Å²) in [6, 6.07) is 4.39. The fourth-order valence-electron chi connectivity index (χ4n) is 2.68. The smallest absolute Gasteiger partial charge is 0.290 e. The Morgan fingerprint density at radius 2 is 2.50 bits per heavy atom. The summed E-state index contributed by atoms with van der Waals surface area (Å²) in [5.74, 6) is 0.497. The molecule has 0 saturated carbocycles. The van der Waals surface area contributed by atoms with E-state index in [1.54, 1.807) is 23.7 Å². The first-order valence-electron chi connectivity index (χ1n) is 7.26. The Morgan fingerprint density at radius 3 is 3.27 bits per heavy atom. The highest BCUT2D eigenvalue weighted by Crippen LogP contribution is 2.17. The third-order valence-corrected chi connectivity index (χ3v) is 4.69. The maximum Gasteiger partial charge on any atom is 0.290 e. The maximum atomic E-state index is 11.8. The quantitative estimate of drug-likeness (QED) is 0.892. The Hall–Kier alpha value is -2.17. The van der Waals surface area contributed by atoms with Crippen LogP contribution in [0.3, 0.4) is 0 Å². The van der Waals surface area contributed by atoms with E-state index in [0.29, 0.717) is 17.4 Å². The number of anilines is 1. The Kier molecular flexibility index (Phi) is 4.51. The zero-order valence-electron chi connectivity index (χ0n) is 12.1. The summed E-state index contributed by atoms with van der Waals surface area (Å²) >= 11 is 1.60. The SMILES string of the molecule is N#Cc1csc(CN[C@H]2CCCN(c3ncc[nH]c3=O)C2)c1. The number of aromatic amines is 1. The molecule has 0 unspecified atom stereocenters. The van der Waals surface area contributed by atoms with Gasteiger partial charge in [-0.05, 0) is 18.9 Å². The van der Waals surface area contributed by atoms with Gasteiger partial charge in [0.05, 0.1) is 5.56 Å². The molecule has 0 spiro atoms. The molecule has 1 atom stereocenters. The zero-order chi connectivity index (χ0) is 15.4. The maximum absolute atomic E-state index is 11.8. The highest BCUT2D eigenvalue weighted by molar-refractivity contribution is 7.10. The molecule has 2 N–H and O–H groups in total. The number of nitrogens with one attached hydrogen (secondary N) is 2. The van der Waals surface area contributed by atoms with E-state index >= 15 is 0 Å². The fraction of sp³-hybridized carbons (Fsp3) is 0.400. The lowest BCUT2D eigenvalue weighted by atomic mass is 10.1. The molecule has 1 aliphatic rings. The molecule has 2 aromatic rings. The molecule has 2 aromatic heterocycles. The second-order valence-corrected chi connectivity index (χ2v) is 6.32. The molecule has 114 valence electrons. The second kappa shape index (κ2) is 6.73. The van der Waals surface area contributed by atoms with Gasteiger partial charge in [-0.25, -0.2) is 4.98 Å². The van der Waals surface area contributed by atoms with Crippen molar-refractivity contribution in [3.05, 3.63) is 44.6 Å². The first-order chi connectivity index (χ1) is 10.8. The van der Waals surface area contributed by atoms with Crippen LogP contribution in [0.1, 0.15) is 23.3 Å². The minimum atomic E-state index is -0.139. The van der Waals surface area contributed by atoms with Crippen LogP contribution in [-0.2, 0) is 6.54 Å². The summed E-state index contributed by atoms with van der Waals surface area (Å²) < 4.78 is 0. The van der Waals surface area contributed by atoms with Crippen molar-refractivity contribution >= 4 is 17.2 Å². The number of H-pyrrole nitrogens is 1. The molecule has 0 radical (unpaired) electrons. The molecule has 0 amide bonds. The van der Waals surface area contributed by atoms with Gasteiger partial charge in [0, 0.05) is 48.3 Å². The van der Waals surface area contributed by atoms with Crippen LogP contribution < -0.4 is 15.8 Å². The Labute approximate surface area is 132 Å². The van der Waals surface area contributed by atoms with E-state index in [2.05, 4.69) is 21.4 Å². The number of aromatic nitrogens is 2.